The molecule has 0 aromatic heterocycles. The van der Waals surface area contributed by atoms with Crippen molar-refractivity contribution >= 4 is 23.7 Å². The molecule has 0 spiro atoms. The second kappa shape index (κ2) is 19.8. The Bertz CT molecular complexity index is 1530. The Morgan fingerprint density at radius 1 is 0.837 bits per heavy atom. The number of benzene rings is 3. The molecule has 3 atom stereocenters. The van der Waals surface area contributed by atoms with E-state index >= 15 is 0 Å². The highest BCUT2D eigenvalue weighted by molar-refractivity contribution is 5.93. The Hall–Kier alpha value is -4.94. The van der Waals surface area contributed by atoms with E-state index in [4.69, 9.17) is 31.8 Å². The first-order chi connectivity index (χ1) is 23.5. The van der Waals surface area contributed by atoms with Gasteiger partial charge in [-0.2, -0.15) is 0 Å². The quantitative estimate of drug-likeness (QED) is 0.0916. The van der Waals surface area contributed by atoms with Crippen LogP contribution in [0.3, 0.4) is 0 Å². The molecule has 3 aromatic carbocycles. The lowest BCUT2D eigenvalue weighted by Crippen LogP contribution is -2.56. The Morgan fingerprint density at radius 3 is 2.10 bits per heavy atom. The lowest BCUT2D eigenvalue weighted by molar-refractivity contribution is -0.139. The topological polar surface area (TPSA) is 209 Å². The van der Waals surface area contributed by atoms with Gasteiger partial charge in [-0.3, -0.25) is 19.2 Å². The van der Waals surface area contributed by atoms with Crippen LogP contribution in [0, 0.1) is 0 Å². The Kier molecular flexibility index (Phi) is 15.5. The summed E-state index contributed by atoms with van der Waals surface area (Å²) in [6.07, 6.45) is 3.50. The first-order valence-corrected chi connectivity index (χ1v) is 16.6. The maximum Gasteiger partial charge on any atom is 0.305 e. The van der Waals surface area contributed by atoms with Crippen LogP contribution in [0.4, 0.5) is 0 Å². The maximum atomic E-state index is 13.5. The number of carbonyl (C=O) groups excluding carboxylic acids is 3. The molecule has 264 valence electrons. The summed E-state index contributed by atoms with van der Waals surface area (Å²) in [7, 11) is 1.62. The largest absolute Gasteiger partial charge is 0.497 e. The van der Waals surface area contributed by atoms with Crippen molar-refractivity contribution in [3.8, 4) is 22.6 Å². The van der Waals surface area contributed by atoms with E-state index < -0.39 is 48.2 Å². The second-order valence-electron chi connectivity index (χ2n) is 11.9. The highest BCUT2D eigenvalue weighted by Crippen LogP contribution is 2.28. The summed E-state index contributed by atoms with van der Waals surface area (Å²) in [6, 6.07) is 17.6. The number of hydrogen-bond acceptors (Lipinski definition) is 8. The number of methoxy groups -OCH3 is 1. The van der Waals surface area contributed by atoms with E-state index in [0.717, 1.165) is 58.6 Å². The Labute approximate surface area is 287 Å². The molecule has 0 aliphatic carbocycles. The smallest absolute Gasteiger partial charge is 0.305 e. The van der Waals surface area contributed by atoms with E-state index in [1.54, 1.807) is 7.11 Å². The van der Waals surface area contributed by atoms with Gasteiger partial charge in [-0.15, -0.1) is 0 Å². The number of nitrogens with two attached hydrogens (primary N) is 3. The molecule has 3 amide bonds. The van der Waals surface area contributed by atoms with Gasteiger partial charge in [-0.1, -0.05) is 49.4 Å². The zero-order chi connectivity index (χ0) is 35.8. The fraction of sp³-hybridized carbons (Fsp3) is 0.405. The summed E-state index contributed by atoms with van der Waals surface area (Å²) in [4.78, 5) is 49.9. The van der Waals surface area contributed by atoms with Crippen LogP contribution < -0.4 is 37.3 Å². The first-order valence-electron chi connectivity index (χ1n) is 16.6. The van der Waals surface area contributed by atoms with Gasteiger partial charge >= 0.3 is 5.97 Å². The molecule has 0 saturated carbocycles. The molecule has 9 N–H and O–H groups in total. The van der Waals surface area contributed by atoms with Gasteiger partial charge in [0, 0.05) is 6.42 Å². The normalized spacial score (nSPS) is 12.7. The fourth-order valence-electron chi connectivity index (χ4n) is 5.35. The standard InChI is InChI=1S/C37H49N5O7/c1-3-26-22-29(48-2)17-18-30(26)27-13-9-25(10-14-27)21-33(42-36(46)31(39)23-34(43)44)37(47)41-32(35(40)45)8-6-7-24-11-15-28(16-12-24)49-20-5-4-19-38/h9-18,22,31-33H,3-8,19-21,23,38-39H2,1-2H3,(H2,40,45)(H,41,47)(H,42,46)(H,43,44)/t31?,32-,33-/m0/s1. The molecule has 0 radical (unpaired) electrons. The van der Waals surface area contributed by atoms with Crippen molar-refractivity contribution < 1.29 is 33.8 Å². The molecule has 12 heteroatoms. The number of amides is 3. The minimum absolute atomic E-state index is 0.0625. The zero-order valence-electron chi connectivity index (χ0n) is 28.3. The molecule has 0 bridgehead atoms. The van der Waals surface area contributed by atoms with Gasteiger partial charge in [0.25, 0.3) is 0 Å². The molecule has 0 aliphatic rings. The van der Waals surface area contributed by atoms with Crippen LogP contribution in [0.25, 0.3) is 11.1 Å². The Balaban J connectivity index is 1.69. The molecule has 0 aliphatic heterocycles. The molecule has 12 nitrogen and oxygen atoms in total. The van der Waals surface area contributed by atoms with Crippen molar-refractivity contribution in [1.29, 1.82) is 0 Å². The number of nitrogens with one attached hydrogen (secondary N) is 2. The van der Waals surface area contributed by atoms with Crippen LogP contribution in [-0.2, 0) is 38.4 Å². The summed E-state index contributed by atoms with van der Waals surface area (Å²) in [5, 5.41) is 14.4. The predicted octanol–water partition coefficient (Wildman–Crippen LogP) is 2.86. The molecule has 3 aromatic rings. The molecule has 49 heavy (non-hydrogen) atoms. The summed E-state index contributed by atoms with van der Waals surface area (Å²) in [5.41, 5.74) is 21.9. The highest BCUT2D eigenvalue weighted by atomic mass is 16.5. The second-order valence-corrected chi connectivity index (χ2v) is 11.9. The van der Waals surface area contributed by atoms with Crippen LogP contribution in [0.1, 0.15) is 55.7 Å². The number of primary amides is 1. The van der Waals surface area contributed by atoms with Gasteiger partial charge in [-0.25, -0.2) is 0 Å². The van der Waals surface area contributed by atoms with Crippen molar-refractivity contribution in [1.82, 2.24) is 10.6 Å². The molecule has 0 heterocycles. The summed E-state index contributed by atoms with van der Waals surface area (Å²) < 4.78 is 11.1. The number of aryl methyl sites for hydroxylation is 2. The summed E-state index contributed by atoms with van der Waals surface area (Å²) in [5.74, 6) is -1.86. The zero-order valence-corrected chi connectivity index (χ0v) is 28.3. The van der Waals surface area contributed by atoms with Crippen molar-refractivity contribution in [2.75, 3.05) is 20.3 Å². The third-order valence-electron chi connectivity index (χ3n) is 8.17. The minimum Gasteiger partial charge on any atom is -0.497 e. The third-order valence-corrected chi connectivity index (χ3v) is 8.17. The third kappa shape index (κ3) is 12.5. The molecule has 1 unspecified atom stereocenters. The molecule has 3 rings (SSSR count). The van der Waals surface area contributed by atoms with Crippen LogP contribution in [0.5, 0.6) is 11.5 Å². The average molecular weight is 676 g/mol. The molecular weight excluding hydrogens is 626 g/mol. The number of hydrogen-bond donors (Lipinski definition) is 6. The highest BCUT2D eigenvalue weighted by Gasteiger charge is 2.28. The van der Waals surface area contributed by atoms with E-state index in [9.17, 15) is 19.2 Å². The lowest BCUT2D eigenvalue weighted by atomic mass is 9.95. The van der Waals surface area contributed by atoms with Crippen molar-refractivity contribution in [3.63, 3.8) is 0 Å². The number of aliphatic carboxylic acids is 1. The van der Waals surface area contributed by atoms with Gasteiger partial charge in [0.2, 0.25) is 17.7 Å². The van der Waals surface area contributed by atoms with Gasteiger partial charge in [0.05, 0.1) is 26.2 Å². The van der Waals surface area contributed by atoms with Crippen molar-refractivity contribution in [2.24, 2.45) is 17.2 Å². The van der Waals surface area contributed by atoms with E-state index in [-0.39, 0.29) is 12.8 Å². The number of carboxylic acids is 1. The SMILES string of the molecule is CCc1cc(OC)ccc1-c1ccc(C[C@H](NC(=O)C(N)CC(=O)O)C(=O)N[C@@H](CCCc2ccc(OCCCCN)cc2)C(N)=O)cc1. The van der Waals surface area contributed by atoms with Crippen LogP contribution in [0.2, 0.25) is 0 Å². The monoisotopic (exact) mass is 675 g/mol. The van der Waals surface area contributed by atoms with Gasteiger partial charge in [-0.05, 0) is 97.2 Å². The van der Waals surface area contributed by atoms with Gasteiger partial charge < -0.3 is 42.4 Å². The number of carbonyl (C=O) groups is 4. The van der Waals surface area contributed by atoms with E-state index in [0.29, 0.717) is 26.0 Å². The van der Waals surface area contributed by atoms with Crippen molar-refractivity contribution in [2.45, 2.75) is 76.4 Å². The molecule has 0 saturated heterocycles. The molecular formula is C37H49N5O7. The number of carboxylic acid groups (broad SMARTS) is 1. The van der Waals surface area contributed by atoms with E-state index in [2.05, 4.69) is 17.6 Å². The predicted molar refractivity (Wildman–Crippen MR) is 188 cm³/mol. The van der Waals surface area contributed by atoms with E-state index in [1.807, 2.05) is 66.7 Å². The number of rotatable bonds is 21. The molecule has 0 fully saturated rings. The minimum atomic E-state index is -1.37. The average Bonchev–Trinajstić information content (AvgIpc) is 3.09. The summed E-state index contributed by atoms with van der Waals surface area (Å²) >= 11 is 0. The fourth-order valence-corrected chi connectivity index (χ4v) is 5.35. The Morgan fingerprint density at radius 2 is 1.49 bits per heavy atom. The number of unbranched alkanes of at least 4 members (excludes halogenated alkanes) is 1. The van der Waals surface area contributed by atoms with E-state index in [1.165, 1.54) is 0 Å². The lowest BCUT2D eigenvalue weighted by Gasteiger charge is -2.23. The van der Waals surface area contributed by atoms with Gasteiger partial charge in [0.15, 0.2) is 0 Å². The number of ether oxygens (including phenoxy) is 2. The van der Waals surface area contributed by atoms with Crippen LogP contribution >= 0.6 is 0 Å². The first kappa shape index (κ1) is 38.5. The summed E-state index contributed by atoms with van der Waals surface area (Å²) in [6.45, 7) is 3.29. The van der Waals surface area contributed by atoms with Crippen LogP contribution in [0.15, 0.2) is 66.7 Å². The maximum absolute atomic E-state index is 13.5. The van der Waals surface area contributed by atoms with Gasteiger partial charge in [0.1, 0.15) is 23.6 Å². The van der Waals surface area contributed by atoms with Crippen molar-refractivity contribution in [3.05, 3.63) is 83.4 Å². The van der Waals surface area contributed by atoms with Crippen LogP contribution in [-0.4, -0.2) is 67.2 Å².